The van der Waals surface area contributed by atoms with Gasteiger partial charge in [-0.15, -0.1) is 0 Å². The Hall–Kier alpha value is -2.38. The molecule has 2 rings (SSSR count). The van der Waals surface area contributed by atoms with Crippen LogP contribution in [0.15, 0.2) is 48.5 Å². The lowest BCUT2D eigenvalue weighted by Crippen LogP contribution is -2.24. The second kappa shape index (κ2) is 7.94. The molecule has 0 unspecified atom stereocenters. The van der Waals surface area contributed by atoms with Crippen LogP contribution in [-0.2, 0) is 27.1 Å². The molecule has 2 aromatic carbocycles. The van der Waals surface area contributed by atoms with Gasteiger partial charge in [-0.25, -0.2) is 17.9 Å². The van der Waals surface area contributed by atoms with E-state index in [1.165, 1.54) is 7.11 Å². The summed E-state index contributed by atoms with van der Waals surface area (Å²) in [5.74, 6) is 0.0966. The molecule has 0 saturated heterocycles. The van der Waals surface area contributed by atoms with Gasteiger partial charge in [0.15, 0.2) is 0 Å². The molecule has 0 fully saturated rings. The first-order valence-electron chi connectivity index (χ1n) is 7.21. The van der Waals surface area contributed by atoms with Crippen molar-refractivity contribution >= 4 is 16.0 Å². The summed E-state index contributed by atoms with van der Waals surface area (Å²) in [6.07, 6.45) is 0. The van der Waals surface area contributed by atoms with Gasteiger partial charge in [0.2, 0.25) is 10.0 Å². The number of sulfonamides is 1. The molecule has 6 nitrogen and oxygen atoms in total. The SMILES string of the molecule is COC(=O)c1ccc(CS(=O)(=O)NCc2ccc(OC)cc2)cc1. The van der Waals surface area contributed by atoms with Gasteiger partial charge in [-0.2, -0.15) is 0 Å². The van der Waals surface area contributed by atoms with Gasteiger partial charge in [0.05, 0.1) is 25.5 Å². The van der Waals surface area contributed by atoms with E-state index < -0.39 is 16.0 Å². The number of nitrogens with one attached hydrogen (secondary N) is 1. The summed E-state index contributed by atoms with van der Waals surface area (Å²) < 4.78 is 36.5. The number of methoxy groups -OCH3 is 2. The summed E-state index contributed by atoms with van der Waals surface area (Å²) in [6.45, 7) is 0.201. The summed E-state index contributed by atoms with van der Waals surface area (Å²) in [6, 6.07) is 13.4. The Labute approximate surface area is 141 Å². The molecule has 24 heavy (non-hydrogen) atoms. The molecule has 0 atom stereocenters. The zero-order valence-corrected chi connectivity index (χ0v) is 14.3. The Bertz CT molecular complexity index is 783. The molecule has 0 amide bonds. The molecule has 0 heterocycles. The number of carbonyl (C=O) groups excluding carboxylic acids is 1. The Morgan fingerprint density at radius 3 is 2.08 bits per heavy atom. The molecule has 0 aromatic heterocycles. The molecule has 1 N–H and O–H groups in total. The molecule has 128 valence electrons. The van der Waals surface area contributed by atoms with Crippen LogP contribution in [0.3, 0.4) is 0 Å². The van der Waals surface area contributed by atoms with Gasteiger partial charge in [-0.3, -0.25) is 0 Å². The number of benzene rings is 2. The molecule has 2 aromatic rings. The monoisotopic (exact) mass is 349 g/mol. The smallest absolute Gasteiger partial charge is 0.337 e. The van der Waals surface area contributed by atoms with Crippen molar-refractivity contribution in [1.82, 2.24) is 4.72 Å². The highest BCUT2D eigenvalue weighted by Crippen LogP contribution is 2.12. The highest BCUT2D eigenvalue weighted by molar-refractivity contribution is 7.88. The van der Waals surface area contributed by atoms with Crippen molar-refractivity contribution in [1.29, 1.82) is 0 Å². The predicted octanol–water partition coefficient (Wildman–Crippen LogP) is 2.10. The maximum Gasteiger partial charge on any atom is 0.337 e. The van der Waals surface area contributed by atoms with E-state index in [1.54, 1.807) is 55.6 Å². The number of carbonyl (C=O) groups is 1. The van der Waals surface area contributed by atoms with Gasteiger partial charge in [-0.1, -0.05) is 24.3 Å². The Morgan fingerprint density at radius 2 is 1.54 bits per heavy atom. The third-order valence-electron chi connectivity index (χ3n) is 3.39. The van der Waals surface area contributed by atoms with Crippen LogP contribution in [0.1, 0.15) is 21.5 Å². The molecular formula is C17H19NO5S. The molecule has 0 saturated carbocycles. The number of rotatable bonds is 7. The lowest BCUT2D eigenvalue weighted by atomic mass is 10.1. The second-order valence-corrected chi connectivity index (χ2v) is 6.92. The molecule has 0 bridgehead atoms. The quantitative estimate of drug-likeness (QED) is 0.774. The van der Waals surface area contributed by atoms with Crippen LogP contribution in [0.2, 0.25) is 0 Å². The zero-order chi connectivity index (χ0) is 17.6. The molecule has 7 heteroatoms. The third-order valence-corrected chi connectivity index (χ3v) is 4.68. The molecule has 0 aliphatic rings. The number of ether oxygens (including phenoxy) is 2. The second-order valence-electron chi connectivity index (χ2n) is 5.12. The van der Waals surface area contributed by atoms with Gasteiger partial charge in [0, 0.05) is 6.54 Å². The van der Waals surface area contributed by atoms with E-state index in [4.69, 9.17) is 4.74 Å². The standard InChI is InChI=1S/C17H19NO5S/c1-22-16-9-5-13(6-10-16)11-18-24(20,21)12-14-3-7-15(8-4-14)17(19)23-2/h3-10,18H,11-12H2,1-2H3. The zero-order valence-electron chi connectivity index (χ0n) is 13.5. The summed E-state index contributed by atoms with van der Waals surface area (Å²) >= 11 is 0. The Morgan fingerprint density at radius 1 is 0.958 bits per heavy atom. The van der Waals surface area contributed by atoms with Crippen molar-refractivity contribution in [3.8, 4) is 5.75 Å². The first-order valence-corrected chi connectivity index (χ1v) is 8.86. The first kappa shape index (κ1) is 18.0. The summed E-state index contributed by atoms with van der Waals surface area (Å²) in [5, 5.41) is 0. The molecule has 0 radical (unpaired) electrons. The average molecular weight is 349 g/mol. The largest absolute Gasteiger partial charge is 0.497 e. The van der Waals surface area contributed by atoms with Crippen LogP contribution in [-0.4, -0.2) is 28.6 Å². The average Bonchev–Trinajstić information content (AvgIpc) is 2.60. The number of esters is 1. The van der Waals surface area contributed by atoms with Gasteiger partial charge < -0.3 is 9.47 Å². The number of hydrogen-bond acceptors (Lipinski definition) is 5. The maximum absolute atomic E-state index is 12.1. The lowest BCUT2D eigenvalue weighted by Gasteiger charge is -2.08. The van der Waals surface area contributed by atoms with Crippen molar-refractivity contribution < 1.29 is 22.7 Å². The lowest BCUT2D eigenvalue weighted by molar-refractivity contribution is 0.0600. The van der Waals surface area contributed by atoms with Crippen molar-refractivity contribution in [3.63, 3.8) is 0 Å². The van der Waals surface area contributed by atoms with Crippen molar-refractivity contribution in [3.05, 3.63) is 65.2 Å². The van der Waals surface area contributed by atoms with E-state index in [9.17, 15) is 13.2 Å². The van der Waals surface area contributed by atoms with E-state index in [0.717, 1.165) is 5.56 Å². The Balaban J connectivity index is 1.96. The molecule has 0 spiro atoms. The summed E-state index contributed by atoms with van der Waals surface area (Å²) in [7, 11) is -0.617. The molecular weight excluding hydrogens is 330 g/mol. The van der Waals surface area contributed by atoms with Crippen LogP contribution in [0, 0.1) is 0 Å². The fraction of sp³-hybridized carbons (Fsp3) is 0.235. The minimum absolute atomic E-state index is 0.162. The van der Waals surface area contributed by atoms with Crippen molar-refractivity contribution in [2.45, 2.75) is 12.3 Å². The van der Waals surface area contributed by atoms with Crippen molar-refractivity contribution in [2.75, 3.05) is 14.2 Å². The van der Waals surface area contributed by atoms with Gasteiger partial charge in [0.25, 0.3) is 0 Å². The van der Waals surface area contributed by atoms with E-state index in [0.29, 0.717) is 16.9 Å². The fourth-order valence-electron chi connectivity index (χ4n) is 2.06. The Kier molecular flexibility index (Phi) is 5.94. The van der Waals surface area contributed by atoms with E-state index >= 15 is 0 Å². The van der Waals surface area contributed by atoms with Crippen LogP contribution >= 0.6 is 0 Å². The van der Waals surface area contributed by atoms with Crippen LogP contribution in [0.4, 0.5) is 0 Å². The minimum atomic E-state index is -3.48. The van der Waals surface area contributed by atoms with E-state index in [-0.39, 0.29) is 12.3 Å². The highest BCUT2D eigenvalue weighted by atomic mass is 32.2. The van der Waals surface area contributed by atoms with Crippen LogP contribution in [0.25, 0.3) is 0 Å². The number of hydrogen-bond donors (Lipinski definition) is 1. The molecule has 0 aliphatic heterocycles. The summed E-state index contributed by atoms with van der Waals surface area (Å²) in [5.41, 5.74) is 1.80. The van der Waals surface area contributed by atoms with Gasteiger partial charge in [0.1, 0.15) is 5.75 Å². The van der Waals surface area contributed by atoms with Crippen LogP contribution in [0.5, 0.6) is 5.75 Å². The van der Waals surface area contributed by atoms with E-state index in [1.807, 2.05) is 0 Å². The predicted molar refractivity (Wildman–Crippen MR) is 90.2 cm³/mol. The van der Waals surface area contributed by atoms with Crippen molar-refractivity contribution in [2.24, 2.45) is 0 Å². The highest BCUT2D eigenvalue weighted by Gasteiger charge is 2.12. The first-order chi connectivity index (χ1) is 11.4. The minimum Gasteiger partial charge on any atom is -0.497 e. The fourth-order valence-corrected chi connectivity index (χ4v) is 3.18. The van der Waals surface area contributed by atoms with Gasteiger partial charge in [-0.05, 0) is 35.4 Å². The summed E-state index contributed by atoms with van der Waals surface area (Å²) in [4.78, 5) is 11.4. The normalized spacial score (nSPS) is 11.1. The van der Waals surface area contributed by atoms with E-state index in [2.05, 4.69) is 9.46 Å². The topological polar surface area (TPSA) is 81.7 Å². The van der Waals surface area contributed by atoms with Crippen LogP contribution < -0.4 is 9.46 Å². The molecule has 0 aliphatic carbocycles. The third kappa shape index (κ3) is 5.07. The maximum atomic E-state index is 12.1. The van der Waals surface area contributed by atoms with Gasteiger partial charge >= 0.3 is 5.97 Å².